The smallest absolute Gasteiger partial charge is 0.341 e. The average molecular weight is 427 g/mol. The normalized spacial score (nSPS) is 11.6. The van der Waals surface area contributed by atoms with Gasteiger partial charge in [-0.05, 0) is 48.5 Å². The third-order valence-electron chi connectivity index (χ3n) is 3.65. The molecule has 0 saturated carbocycles. The van der Waals surface area contributed by atoms with Crippen molar-refractivity contribution in [2.45, 2.75) is 17.3 Å². The van der Waals surface area contributed by atoms with Crippen LogP contribution in [-0.4, -0.2) is 25.1 Å². The molecule has 0 amide bonds. The van der Waals surface area contributed by atoms with Crippen molar-refractivity contribution in [2.75, 3.05) is 0 Å². The second-order valence-electron chi connectivity index (χ2n) is 5.56. The van der Waals surface area contributed by atoms with E-state index in [2.05, 4.69) is 4.98 Å². The maximum absolute atomic E-state index is 13.0. The van der Waals surface area contributed by atoms with Gasteiger partial charge in [0.05, 0.1) is 16.2 Å². The van der Waals surface area contributed by atoms with Gasteiger partial charge >= 0.3 is 11.7 Å². The molecule has 28 heavy (non-hydrogen) atoms. The van der Waals surface area contributed by atoms with E-state index in [0.717, 1.165) is 29.8 Å². The van der Waals surface area contributed by atoms with Crippen LogP contribution in [0.1, 0.15) is 16.1 Å². The summed E-state index contributed by atoms with van der Waals surface area (Å²) in [6.07, 6.45) is 0. The molecular weight excluding hydrogens is 415 g/mol. The first kappa shape index (κ1) is 20.0. The molecule has 1 aromatic heterocycles. The Morgan fingerprint density at radius 1 is 1.07 bits per heavy atom. The number of sulfone groups is 1. The molecule has 0 saturated heterocycles. The van der Waals surface area contributed by atoms with Crippen LogP contribution < -0.4 is 0 Å². The fourth-order valence-corrected chi connectivity index (χ4v) is 3.74. The van der Waals surface area contributed by atoms with Crippen molar-refractivity contribution >= 4 is 27.1 Å². The van der Waals surface area contributed by atoms with E-state index < -0.39 is 26.5 Å². The van der Waals surface area contributed by atoms with Gasteiger partial charge in [-0.15, -0.1) is 11.3 Å². The van der Waals surface area contributed by atoms with Crippen LogP contribution in [0, 0.1) is 5.82 Å². The topological polar surface area (TPSA) is 73.3 Å². The molecule has 0 aliphatic rings. The van der Waals surface area contributed by atoms with Crippen molar-refractivity contribution in [3.05, 3.63) is 71.0 Å². The molecule has 5 nitrogen and oxygen atoms in total. The van der Waals surface area contributed by atoms with Crippen molar-refractivity contribution in [1.82, 2.24) is 4.98 Å². The number of alkyl halides is 2. The molecule has 3 aromatic rings. The number of aromatic nitrogens is 1. The second kappa shape index (κ2) is 8.11. The number of rotatable bonds is 6. The fraction of sp³-hybridized carbons (Fsp3) is 0.111. The third-order valence-corrected chi connectivity index (χ3v) is 5.99. The van der Waals surface area contributed by atoms with E-state index in [0.29, 0.717) is 10.7 Å². The Balaban J connectivity index is 1.64. The van der Waals surface area contributed by atoms with Crippen LogP contribution >= 0.6 is 11.3 Å². The zero-order chi connectivity index (χ0) is 20.3. The van der Waals surface area contributed by atoms with Gasteiger partial charge < -0.3 is 4.74 Å². The highest BCUT2D eigenvalue weighted by atomic mass is 32.2. The molecule has 0 N–H and O–H groups in total. The predicted molar refractivity (Wildman–Crippen MR) is 96.3 cm³/mol. The number of hydrogen-bond acceptors (Lipinski definition) is 6. The van der Waals surface area contributed by atoms with Gasteiger partial charge in [0, 0.05) is 10.9 Å². The SMILES string of the molecule is O=C(OCc1csc(-c2ccc(F)cc2)n1)c1ccc(S(=O)(=O)C(F)F)cc1. The molecule has 0 unspecified atom stereocenters. The Hall–Kier alpha value is -2.72. The molecule has 0 atom stereocenters. The molecule has 0 spiro atoms. The van der Waals surface area contributed by atoms with Crippen molar-refractivity contribution in [3.8, 4) is 10.6 Å². The summed E-state index contributed by atoms with van der Waals surface area (Å²) >= 11 is 1.30. The molecule has 2 aromatic carbocycles. The number of carbonyl (C=O) groups excluding carboxylic acids is 1. The first-order valence-electron chi connectivity index (χ1n) is 7.77. The Labute approximate surface area is 162 Å². The molecule has 10 heteroatoms. The Bertz CT molecular complexity index is 1080. The van der Waals surface area contributed by atoms with Crippen molar-refractivity contribution < 1.29 is 31.1 Å². The highest BCUT2D eigenvalue weighted by Crippen LogP contribution is 2.24. The summed E-state index contributed by atoms with van der Waals surface area (Å²) in [4.78, 5) is 15.8. The lowest BCUT2D eigenvalue weighted by Crippen LogP contribution is -2.12. The minimum absolute atomic E-state index is 0.0159. The number of halogens is 3. The van der Waals surface area contributed by atoms with Crippen molar-refractivity contribution in [1.29, 1.82) is 0 Å². The number of esters is 1. The highest BCUT2D eigenvalue weighted by molar-refractivity contribution is 7.91. The van der Waals surface area contributed by atoms with Gasteiger partial charge in [0.1, 0.15) is 17.4 Å². The highest BCUT2D eigenvalue weighted by Gasteiger charge is 2.26. The van der Waals surface area contributed by atoms with E-state index in [1.807, 2.05) is 0 Å². The standard InChI is InChI=1S/C18H12F3NO4S2/c19-13-5-1-11(2-6-13)16-22-14(10-27-16)9-26-17(23)12-3-7-15(8-4-12)28(24,25)18(20)21/h1-8,10,18H,9H2. The molecule has 3 rings (SSSR count). The summed E-state index contributed by atoms with van der Waals surface area (Å²) in [5.74, 6) is -4.65. The summed E-state index contributed by atoms with van der Waals surface area (Å²) in [7, 11) is -4.72. The third kappa shape index (κ3) is 4.39. The molecule has 0 fully saturated rings. The summed E-state index contributed by atoms with van der Waals surface area (Å²) in [5, 5.41) is 2.32. The van der Waals surface area contributed by atoms with Crippen LogP contribution in [0.15, 0.2) is 58.8 Å². The molecular formula is C18H12F3NO4S2. The number of thiazole rings is 1. The van der Waals surface area contributed by atoms with Crippen LogP contribution in [-0.2, 0) is 21.2 Å². The van der Waals surface area contributed by atoms with Crippen LogP contribution in [0.5, 0.6) is 0 Å². The number of benzene rings is 2. The monoisotopic (exact) mass is 427 g/mol. The molecule has 0 aliphatic carbocycles. The molecule has 0 bridgehead atoms. The van der Waals surface area contributed by atoms with Gasteiger partial charge in [-0.2, -0.15) is 8.78 Å². The average Bonchev–Trinajstić information content (AvgIpc) is 3.15. The number of nitrogens with zero attached hydrogens (tertiary/aromatic N) is 1. The number of hydrogen-bond donors (Lipinski definition) is 0. The summed E-state index contributed by atoms with van der Waals surface area (Å²) in [6.45, 7) is -0.131. The van der Waals surface area contributed by atoms with E-state index in [9.17, 15) is 26.4 Å². The van der Waals surface area contributed by atoms with E-state index in [1.54, 1.807) is 17.5 Å². The largest absolute Gasteiger partial charge is 0.456 e. The maximum atomic E-state index is 13.0. The van der Waals surface area contributed by atoms with Crippen LogP contribution in [0.4, 0.5) is 13.2 Å². The van der Waals surface area contributed by atoms with E-state index in [4.69, 9.17) is 4.74 Å². The summed E-state index contributed by atoms with van der Waals surface area (Å²) in [6, 6.07) is 9.84. The van der Waals surface area contributed by atoms with Gasteiger partial charge in [0.25, 0.3) is 0 Å². The first-order valence-corrected chi connectivity index (χ1v) is 10.2. The Morgan fingerprint density at radius 3 is 2.32 bits per heavy atom. The van der Waals surface area contributed by atoms with Crippen molar-refractivity contribution in [2.24, 2.45) is 0 Å². The molecule has 0 aliphatic heterocycles. The number of ether oxygens (including phenoxy) is 1. The van der Waals surface area contributed by atoms with Crippen molar-refractivity contribution in [3.63, 3.8) is 0 Å². The van der Waals surface area contributed by atoms with Gasteiger partial charge in [-0.25, -0.2) is 22.6 Å². The second-order valence-corrected chi connectivity index (χ2v) is 8.33. The lowest BCUT2D eigenvalue weighted by molar-refractivity contribution is 0.0468. The Kier molecular flexibility index (Phi) is 5.80. The minimum Gasteiger partial charge on any atom is -0.456 e. The van der Waals surface area contributed by atoms with Gasteiger partial charge in [0.2, 0.25) is 9.84 Å². The van der Waals surface area contributed by atoms with Crippen LogP contribution in [0.25, 0.3) is 10.6 Å². The quantitative estimate of drug-likeness (QED) is 0.549. The molecule has 1 heterocycles. The zero-order valence-corrected chi connectivity index (χ0v) is 15.6. The van der Waals surface area contributed by atoms with Gasteiger partial charge in [0.15, 0.2) is 0 Å². The molecule has 0 radical (unpaired) electrons. The Morgan fingerprint density at radius 2 is 1.71 bits per heavy atom. The van der Waals surface area contributed by atoms with E-state index in [-0.39, 0.29) is 18.0 Å². The summed E-state index contributed by atoms with van der Waals surface area (Å²) < 4.78 is 65.8. The number of carbonyl (C=O) groups is 1. The van der Waals surface area contributed by atoms with Gasteiger partial charge in [-0.3, -0.25) is 0 Å². The van der Waals surface area contributed by atoms with Crippen LogP contribution in [0.2, 0.25) is 0 Å². The van der Waals surface area contributed by atoms with E-state index in [1.165, 1.54) is 23.5 Å². The summed E-state index contributed by atoms with van der Waals surface area (Å²) in [5.41, 5.74) is 1.22. The van der Waals surface area contributed by atoms with Crippen LogP contribution in [0.3, 0.4) is 0 Å². The lowest BCUT2D eigenvalue weighted by Gasteiger charge is -2.05. The fourth-order valence-electron chi connectivity index (χ4n) is 2.20. The lowest BCUT2D eigenvalue weighted by atomic mass is 10.2. The van der Waals surface area contributed by atoms with Gasteiger partial charge in [-0.1, -0.05) is 0 Å². The maximum Gasteiger partial charge on any atom is 0.341 e. The van der Waals surface area contributed by atoms with E-state index >= 15 is 0 Å². The molecule has 146 valence electrons. The minimum atomic E-state index is -4.72. The zero-order valence-electron chi connectivity index (χ0n) is 14.0. The predicted octanol–water partition coefficient (Wildman–Crippen LogP) is 4.30. The first-order chi connectivity index (χ1) is 13.3.